The fraction of sp³-hybridized carbons (Fsp3) is 0.417. The Kier molecular flexibility index (Phi) is 2.88. The summed E-state index contributed by atoms with van der Waals surface area (Å²) in [5, 5.41) is 4.78. The Bertz CT molecular complexity index is 501. The first-order chi connectivity index (χ1) is 7.83. The van der Waals surface area contributed by atoms with Crippen molar-refractivity contribution in [1.82, 2.24) is 10.3 Å². The van der Waals surface area contributed by atoms with Crippen molar-refractivity contribution in [3.63, 3.8) is 0 Å². The average Bonchev–Trinajstić information content (AvgIpc) is 2.73. The van der Waals surface area contributed by atoms with E-state index in [2.05, 4.69) is 30.4 Å². The van der Waals surface area contributed by atoms with Crippen LogP contribution in [0.4, 0.5) is 0 Å². The summed E-state index contributed by atoms with van der Waals surface area (Å²) >= 11 is 3.85. The van der Waals surface area contributed by atoms with E-state index in [1.807, 2.05) is 23.1 Å². The van der Waals surface area contributed by atoms with E-state index in [-0.39, 0.29) is 0 Å². The number of nitrogens with zero attached hydrogens (tertiary/aromatic N) is 1. The Hall–Kier alpha value is -0.580. The van der Waals surface area contributed by atoms with Crippen molar-refractivity contribution in [3.05, 3.63) is 28.8 Å². The number of thiazole rings is 1. The standard InChI is InChI=1S/C12H14N2S2/c1-8-2-3-9-11(6-8)16-12(14-9)10-7-15-5-4-13-10/h2-3,6,10,13H,4-5,7H2,1H3. The van der Waals surface area contributed by atoms with E-state index in [1.54, 1.807) is 0 Å². The molecule has 0 saturated carbocycles. The summed E-state index contributed by atoms with van der Waals surface area (Å²) in [4.78, 5) is 4.72. The number of thioether (sulfide) groups is 1. The molecule has 2 aromatic rings. The van der Waals surface area contributed by atoms with Crippen LogP contribution in [0.3, 0.4) is 0 Å². The van der Waals surface area contributed by atoms with Gasteiger partial charge in [0.2, 0.25) is 0 Å². The average molecular weight is 250 g/mol. The van der Waals surface area contributed by atoms with Gasteiger partial charge in [0.05, 0.1) is 16.3 Å². The van der Waals surface area contributed by atoms with Crippen LogP contribution in [-0.2, 0) is 0 Å². The summed E-state index contributed by atoms with van der Waals surface area (Å²) < 4.78 is 1.31. The van der Waals surface area contributed by atoms with Crippen LogP contribution in [-0.4, -0.2) is 23.0 Å². The Morgan fingerprint density at radius 3 is 3.19 bits per heavy atom. The fourth-order valence-electron chi connectivity index (χ4n) is 1.92. The third-order valence-electron chi connectivity index (χ3n) is 2.78. The molecule has 1 atom stereocenters. The number of fused-ring (bicyclic) bond motifs is 1. The van der Waals surface area contributed by atoms with Crippen molar-refractivity contribution in [2.75, 3.05) is 18.1 Å². The predicted molar refractivity (Wildman–Crippen MR) is 72.4 cm³/mol. The van der Waals surface area contributed by atoms with Crippen LogP contribution >= 0.6 is 23.1 Å². The van der Waals surface area contributed by atoms with Crippen LogP contribution in [0.15, 0.2) is 18.2 Å². The number of aromatic nitrogens is 1. The van der Waals surface area contributed by atoms with Crippen LogP contribution in [0.25, 0.3) is 10.2 Å². The summed E-state index contributed by atoms with van der Waals surface area (Å²) in [6, 6.07) is 6.94. The van der Waals surface area contributed by atoms with E-state index >= 15 is 0 Å². The zero-order valence-electron chi connectivity index (χ0n) is 9.19. The lowest BCUT2D eigenvalue weighted by Gasteiger charge is -2.20. The van der Waals surface area contributed by atoms with Gasteiger partial charge in [0.25, 0.3) is 0 Å². The maximum atomic E-state index is 4.72. The summed E-state index contributed by atoms with van der Waals surface area (Å²) in [6.45, 7) is 3.23. The minimum absolute atomic E-state index is 0.455. The molecule has 3 rings (SSSR count). The maximum Gasteiger partial charge on any atom is 0.112 e. The largest absolute Gasteiger partial charge is 0.306 e. The second-order valence-corrected chi connectivity index (χ2v) is 6.32. The molecule has 4 heteroatoms. The molecular formula is C12H14N2S2. The van der Waals surface area contributed by atoms with Crippen molar-refractivity contribution in [3.8, 4) is 0 Å². The van der Waals surface area contributed by atoms with E-state index in [0.717, 1.165) is 17.8 Å². The molecule has 1 saturated heterocycles. The first-order valence-electron chi connectivity index (χ1n) is 5.51. The first-order valence-corrected chi connectivity index (χ1v) is 7.48. The molecule has 1 aromatic heterocycles. The molecule has 1 N–H and O–H groups in total. The molecule has 0 aliphatic carbocycles. The molecule has 2 heterocycles. The lowest BCUT2D eigenvalue weighted by atomic mass is 10.2. The van der Waals surface area contributed by atoms with Crippen molar-refractivity contribution in [2.24, 2.45) is 0 Å². The van der Waals surface area contributed by atoms with Crippen LogP contribution < -0.4 is 5.32 Å². The van der Waals surface area contributed by atoms with Gasteiger partial charge < -0.3 is 5.32 Å². The van der Waals surface area contributed by atoms with Gasteiger partial charge in [-0.3, -0.25) is 0 Å². The maximum absolute atomic E-state index is 4.72. The van der Waals surface area contributed by atoms with Gasteiger partial charge in [0.1, 0.15) is 5.01 Å². The highest BCUT2D eigenvalue weighted by Gasteiger charge is 2.18. The quantitative estimate of drug-likeness (QED) is 0.842. The monoisotopic (exact) mass is 250 g/mol. The topological polar surface area (TPSA) is 24.9 Å². The minimum atomic E-state index is 0.455. The van der Waals surface area contributed by atoms with Gasteiger partial charge in [-0.15, -0.1) is 11.3 Å². The Balaban J connectivity index is 1.97. The van der Waals surface area contributed by atoms with Crippen LogP contribution in [0.1, 0.15) is 16.6 Å². The highest BCUT2D eigenvalue weighted by atomic mass is 32.2. The molecule has 0 spiro atoms. The molecule has 0 bridgehead atoms. The van der Waals surface area contributed by atoms with Gasteiger partial charge in [-0.2, -0.15) is 11.8 Å². The molecule has 16 heavy (non-hydrogen) atoms. The van der Waals surface area contributed by atoms with Gasteiger partial charge in [0.15, 0.2) is 0 Å². The Morgan fingerprint density at radius 2 is 2.38 bits per heavy atom. The zero-order valence-corrected chi connectivity index (χ0v) is 10.8. The van der Waals surface area contributed by atoms with Crippen LogP contribution in [0.5, 0.6) is 0 Å². The molecule has 1 unspecified atom stereocenters. The third-order valence-corrected chi connectivity index (χ3v) is 4.97. The molecule has 84 valence electrons. The molecule has 2 nitrogen and oxygen atoms in total. The van der Waals surface area contributed by atoms with Crippen molar-refractivity contribution in [1.29, 1.82) is 0 Å². The second-order valence-electron chi connectivity index (χ2n) is 4.10. The number of hydrogen-bond acceptors (Lipinski definition) is 4. The zero-order chi connectivity index (χ0) is 11.0. The lowest BCUT2D eigenvalue weighted by molar-refractivity contribution is 0.593. The van der Waals surface area contributed by atoms with Crippen molar-refractivity contribution >= 4 is 33.3 Å². The van der Waals surface area contributed by atoms with Crippen LogP contribution in [0, 0.1) is 6.92 Å². The number of hydrogen-bond donors (Lipinski definition) is 1. The SMILES string of the molecule is Cc1ccc2nc(C3CSCCN3)sc2c1. The van der Waals surface area contributed by atoms with Gasteiger partial charge in [-0.1, -0.05) is 6.07 Å². The fourth-order valence-corrected chi connectivity index (χ4v) is 4.11. The van der Waals surface area contributed by atoms with E-state index in [9.17, 15) is 0 Å². The Labute approximate surface area is 103 Å². The molecule has 1 aliphatic rings. The molecule has 1 fully saturated rings. The summed E-state index contributed by atoms with van der Waals surface area (Å²) in [6.07, 6.45) is 0. The normalized spacial score (nSPS) is 21.4. The minimum Gasteiger partial charge on any atom is -0.306 e. The van der Waals surface area contributed by atoms with Gasteiger partial charge >= 0.3 is 0 Å². The third kappa shape index (κ3) is 1.97. The molecule has 0 amide bonds. The Morgan fingerprint density at radius 1 is 1.44 bits per heavy atom. The van der Waals surface area contributed by atoms with Crippen molar-refractivity contribution < 1.29 is 0 Å². The van der Waals surface area contributed by atoms with E-state index in [4.69, 9.17) is 4.98 Å². The first kappa shape index (κ1) is 10.6. The molecule has 0 radical (unpaired) electrons. The smallest absolute Gasteiger partial charge is 0.112 e. The highest BCUT2D eigenvalue weighted by molar-refractivity contribution is 7.99. The van der Waals surface area contributed by atoms with E-state index < -0.39 is 0 Å². The number of aryl methyl sites for hydroxylation is 1. The van der Waals surface area contributed by atoms with Crippen molar-refractivity contribution in [2.45, 2.75) is 13.0 Å². The molecular weight excluding hydrogens is 236 g/mol. The molecule has 1 aliphatic heterocycles. The van der Waals surface area contributed by atoms with E-state index in [1.165, 1.54) is 21.0 Å². The summed E-state index contributed by atoms with van der Waals surface area (Å²) in [5.74, 6) is 2.37. The summed E-state index contributed by atoms with van der Waals surface area (Å²) in [7, 11) is 0. The van der Waals surface area contributed by atoms with Gasteiger partial charge in [0, 0.05) is 18.1 Å². The second kappa shape index (κ2) is 4.35. The summed E-state index contributed by atoms with van der Waals surface area (Å²) in [5.41, 5.74) is 2.46. The van der Waals surface area contributed by atoms with Gasteiger partial charge in [-0.25, -0.2) is 4.98 Å². The lowest BCUT2D eigenvalue weighted by Crippen LogP contribution is -2.30. The van der Waals surface area contributed by atoms with Gasteiger partial charge in [-0.05, 0) is 24.6 Å². The number of benzene rings is 1. The molecule has 1 aromatic carbocycles. The number of rotatable bonds is 1. The number of nitrogens with one attached hydrogen (secondary N) is 1. The van der Waals surface area contributed by atoms with Crippen LogP contribution in [0.2, 0.25) is 0 Å². The van der Waals surface area contributed by atoms with E-state index in [0.29, 0.717) is 6.04 Å². The predicted octanol–water partition coefficient (Wildman–Crippen LogP) is 2.98. The highest BCUT2D eigenvalue weighted by Crippen LogP contribution is 2.30.